The molecule has 0 unspecified atom stereocenters. The van der Waals surface area contributed by atoms with Crippen molar-refractivity contribution in [1.29, 1.82) is 0 Å². The summed E-state index contributed by atoms with van der Waals surface area (Å²) in [6.45, 7) is 7.12. The van der Waals surface area contributed by atoms with E-state index in [4.69, 9.17) is 4.74 Å². The van der Waals surface area contributed by atoms with Crippen molar-refractivity contribution in [2.75, 3.05) is 6.54 Å². The predicted octanol–water partition coefficient (Wildman–Crippen LogP) is 5.08. The van der Waals surface area contributed by atoms with Crippen molar-refractivity contribution in [3.05, 3.63) is 95.3 Å². The Morgan fingerprint density at radius 3 is 2.56 bits per heavy atom. The Hall–Kier alpha value is -3.67. The molecule has 0 saturated carbocycles. The second-order valence-corrected chi connectivity index (χ2v) is 9.66. The third kappa shape index (κ3) is 6.11. The third-order valence-corrected chi connectivity index (χ3v) is 6.48. The smallest absolute Gasteiger partial charge is 0.261 e. The minimum absolute atomic E-state index is 0.163. The van der Waals surface area contributed by atoms with Gasteiger partial charge in [0.25, 0.3) is 5.91 Å². The minimum atomic E-state index is -0.621. The average Bonchev–Trinajstić information content (AvgIpc) is 2.90. The molecule has 3 aromatic rings. The van der Waals surface area contributed by atoms with Gasteiger partial charge in [-0.15, -0.1) is 0 Å². The number of carbonyl (C=O) groups is 2. The molecule has 2 aromatic carbocycles. The Balaban J connectivity index is 1.57. The van der Waals surface area contributed by atoms with Crippen LogP contribution in [0.25, 0.3) is 0 Å². The van der Waals surface area contributed by atoms with Crippen LogP contribution in [0.1, 0.15) is 62.0 Å². The normalized spacial score (nSPS) is 15.8. The molecule has 1 aliphatic heterocycles. The second-order valence-electron chi connectivity index (χ2n) is 9.66. The molecule has 4 rings (SSSR count). The fourth-order valence-electron chi connectivity index (χ4n) is 4.68. The molecule has 2 heterocycles. The number of nitrogens with zero attached hydrogens (tertiary/aromatic N) is 2. The summed E-state index contributed by atoms with van der Waals surface area (Å²) in [6, 6.07) is 21.6. The summed E-state index contributed by atoms with van der Waals surface area (Å²) in [5.41, 5.74) is 4.14. The number of nitrogens with one attached hydrogen (secondary N) is 1. The number of aromatic nitrogens is 1. The van der Waals surface area contributed by atoms with Crippen molar-refractivity contribution in [3.8, 4) is 5.75 Å². The maximum Gasteiger partial charge on any atom is 0.261 e. The number of fused-ring (bicyclic) bond motifs is 1. The third-order valence-electron chi connectivity index (χ3n) is 6.48. The lowest BCUT2D eigenvalue weighted by molar-refractivity contribution is -0.134. The van der Waals surface area contributed by atoms with Crippen molar-refractivity contribution >= 4 is 11.8 Å². The first kappa shape index (κ1) is 25.4. The molecule has 0 aliphatic carbocycles. The van der Waals surface area contributed by atoms with Gasteiger partial charge in [0.15, 0.2) is 6.10 Å². The number of ether oxygens (including phenoxy) is 1. The monoisotopic (exact) mass is 485 g/mol. The number of pyridine rings is 1. The molecule has 6 heteroatoms. The maximum absolute atomic E-state index is 13.2. The number of carbonyl (C=O) groups excluding carboxylic acids is 2. The van der Waals surface area contributed by atoms with Gasteiger partial charge in [-0.2, -0.15) is 0 Å². The largest absolute Gasteiger partial charge is 0.481 e. The first-order valence-corrected chi connectivity index (χ1v) is 12.8. The van der Waals surface area contributed by atoms with Crippen LogP contribution in [0.5, 0.6) is 5.75 Å². The first-order valence-electron chi connectivity index (χ1n) is 12.8. The standard InChI is InChI=1S/C30H35N3O3/c1-4-27(30(35)32-20-24-12-8-9-16-31-24)36-25-14-13-22-15-17-33(28(34)18-21(2)3)29(26(22)19-25)23-10-6-5-7-11-23/h5-14,16,19,21,27,29H,4,15,17-18,20H2,1-3H3,(H,32,35)/t27-,29+/m0/s1. The van der Waals surface area contributed by atoms with E-state index < -0.39 is 6.10 Å². The van der Waals surface area contributed by atoms with Gasteiger partial charge in [0.2, 0.25) is 5.91 Å². The summed E-state index contributed by atoms with van der Waals surface area (Å²) >= 11 is 0. The van der Waals surface area contributed by atoms with Gasteiger partial charge in [-0.25, -0.2) is 0 Å². The van der Waals surface area contributed by atoms with E-state index in [1.807, 2.05) is 60.4 Å². The zero-order chi connectivity index (χ0) is 25.5. The number of amides is 2. The molecule has 2 atom stereocenters. The van der Waals surface area contributed by atoms with Crippen LogP contribution in [0.15, 0.2) is 72.9 Å². The van der Waals surface area contributed by atoms with Crippen molar-refractivity contribution in [3.63, 3.8) is 0 Å². The van der Waals surface area contributed by atoms with E-state index in [0.717, 1.165) is 23.2 Å². The second kappa shape index (κ2) is 11.8. The summed E-state index contributed by atoms with van der Waals surface area (Å²) in [5, 5.41) is 2.93. The van der Waals surface area contributed by atoms with Gasteiger partial charge in [0.1, 0.15) is 5.75 Å². The van der Waals surface area contributed by atoms with Crippen LogP contribution in [-0.2, 0) is 22.6 Å². The van der Waals surface area contributed by atoms with E-state index in [1.54, 1.807) is 6.20 Å². The Morgan fingerprint density at radius 2 is 1.86 bits per heavy atom. The summed E-state index contributed by atoms with van der Waals surface area (Å²) < 4.78 is 6.19. The molecule has 36 heavy (non-hydrogen) atoms. The highest BCUT2D eigenvalue weighted by Crippen LogP contribution is 2.38. The van der Waals surface area contributed by atoms with Gasteiger partial charge in [-0.3, -0.25) is 14.6 Å². The predicted molar refractivity (Wildman–Crippen MR) is 140 cm³/mol. The lowest BCUT2D eigenvalue weighted by atomic mass is 9.87. The van der Waals surface area contributed by atoms with Crippen molar-refractivity contribution in [2.24, 2.45) is 5.92 Å². The van der Waals surface area contributed by atoms with Crippen LogP contribution in [0.3, 0.4) is 0 Å². The van der Waals surface area contributed by atoms with E-state index in [0.29, 0.717) is 37.6 Å². The maximum atomic E-state index is 13.2. The molecular formula is C30H35N3O3. The summed E-state index contributed by atoms with van der Waals surface area (Å²) in [6.07, 6.45) is 2.94. The number of hydrogen-bond donors (Lipinski definition) is 1. The van der Waals surface area contributed by atoms with Gasteiger partial charge in [-0.1, -0.05) is 63.2 Å². The van der Waals surface area contributed by atoms with Crippen LogP contribution in [0, 0.1) is 5.92 Å². The van der Waals surface area contributed by atoms with E-state index in [1.165, 1.54) is 5.56 Å². The van der Waals surface area contributed by atoms with Crippen LogP contribution >= 0.6 is 0 Å². The number of hydrogen-bond acceptors (Lipinski definition) is 4. The molecular weight excluding hydrogens is 450 g/mol. The molecule has 0 bridgehead atoms. The fraction of sp³-hybridized carbons (Fsp3) is 0.367. The van der Waals surface area contributed by atoms with E-state index in [2.05, 4.69) is 42.3 Å². The molecule has 0 spiro atoms. The highest BCUT2D eigenvalue weighted by Gasteiger charge is 2.32. The van der Waals surface area contributed by atoms with Crippen molar-refractivity contribution in [1.82, 2.24) is 15.2 Å². The molecule has 1 aliphatic rings. The van der Waals surface area contributed by atoms with E-state index in [-0.39, 0.29) is 17.9 Å². The number of benzene rings is 2. The molecule has 0 saturated heterocycles. The molecule has 0 fully saturated rings. The molecule has 2 amide bonds. The van der Waals surface area contributed by atoms with Gasteiger partial charge >= 0.3 is 0 Å². The Morgan fingerprint density at radius 1 is 1.08 bits per heavy atom. The highest BCUT2D eigenvalue weighted by molar-refractivity contribution is 5.81. The van der Waals surface area contributed by atoms with Gasteiger partial charge in [-0.05, 0) is 59.7 Å². The topological polar surface area (TPSA) is 71.5 Å². The quantitative estimate of drug-likeness (QED) is 0.459. The van der Waals surface area contributed by atoms with Crippen LogP contribution in [0.4, 0.5) is 0 Å². The zero-order valence-corrected chi connectivity index (χ0v) is 21.3. The highest BCUT2D eigenvalue weighted by atomic mass is 16.5. The van der Waals surface area contributed by atoms with Gasteiger partial charge in [0, 0.05) is 19.2 Å². The van der Waals surface area contributed by atoms with Crippen LogP contribution in [0.2, 0.25) is 0 Å². The van der Waals surface area contributed by atoms with E-state index in [9.17, 15) is 9.59 Å². The Labute approximate surface area is 213 Å². The summed E-state index contributed by atoms with van der Waals surface area (Å²) in [5.74, 6) is 0.915. The average molecular weight is 486 g/mol. The van der Waals surface area contributed by atoms with Crippen molar-refractivity contribution in [2.45, 2.75) is 58.7 Å². The Bertz CT molecular complexity index is 1160. The first-order chi connectivity index (χ1) is 17.5. The molecule has 1 N–H and O–H groups in total. The van der Waals surface area contributed by atoms with Gasteiger partial charge < -0.3 is 15.0 Å². The summed E-state index contributed by atoms with van der Waals surface area (Å²) in [4.78, 5) is 32.3. The van der Waals surface area contributed by atoms with Crippen LogP contribution < -0.4 is 10.1 Å². The van der Waals surface area contributed by atoms with Crippen molar-refractivity contribution < 1.29 is 14.3 Å². The SMILES string of the molecule is CC[C@H](Oc1ccc2c(c1)[C@@H](c1ccccc1)N(C(=O)CC(C)C)CC2)C(=O)NCc1ccccn1. The lowest BCUT2D eigenvalue weighted by Crippen LogP contribution is -2.41. The molecule has 6 nitrogen and oxygen atoms in total. The van der Waals surface area contributed by atoms with Crippen LogP contribution in [-0.4, -0.2) is 34.3 Å². The molecule has 0 radical (unpaired) electrons. The zero-order valence-electron chi connectivity index (χ0n) is 21.3. The van der Waals surface area contributed by atoms with E-state index >= 15 is 0 Å². The van der Waals surface area contributed by atoms with Gasteiger partial charge in [0.05, 0.1) is 18.3 Å². The number of rotatable bonds is 9. The Kier molecular flexibility index (Phi) is 8.36. The fourth-order valence-corrected chi connectivity index (χ4v) is 4.68. The molecule has 188 valence electrons. The molecule has 1 aromatic heterocycles. The summed E-state index contributed by atoms with van der Waals surface area (Å²) in [7, 11) is 0. The minimum Gasteiger partial charge on any atom is -0.481 e. The lowest BCUT2D eigenvalue weighted by Gasteiger charge is -2.38.